The van der Waals surface area contributed by atoms with Crippen LogP contribution in [0.15, 0.2) is 41.8 Å². The van der Waals surface area contributed by atoms with Crippen molar-refractivity contribution >= 4 is 34.5 Å². The molecule has 26 heavy (non-hydrogen) atoms. The fourth-order valence-electron chi connectivity index (χ4n) is 3.49. The lowest BCUT2D eigenvalue weighted by Crippen LogP contribution is -2.42. The summed E-state index contributed by atoms with van der Waals surface area (Å²) in [5.74, 6) is -0.136. The van der Waals surface area contributed by atoms with Gasteiger partial charge in [0.1, 0.15) is 0 Å². The van der Waals surface area contributed by atoms with Gasteiger partial charge in [-0.3, -0.25) is 9.59 Å². The third kappa shape index (κ3) is 3.78. The third-order valence-corrected chi connectivity index (χ3v) is 5.74. The van der Waals surface area contributed by atoms with E-state index in [1.807, 2.05) is 29.6 Å². The van der Waals surface area contributed by atoms with E-state index < -0.39 is 0 Å². The largest absolute Gasteiger partial charge is 0.326 e. The zero-order valence-corrected chi connectivity index (χ0v) is 14.9. The Labute approximate surface area is 155 Å². The van der Waals surface area contributed by atoms with E-state index in [0.29, 0.717) is 22.3 Å². The topological polar surface area (TPSA) is 94.3 Å². The van der Waals surface area contributed by atoms with Gasteiger partial charge in [-0.2, -0.15) is 5.53 Å². The van der Waals surface area contributed by atoms with E-state index in [4.69, 9.17) is 0 Å². The first-order chi connectivity index (χ1) is 12.7. The van der Waals surface area contributed by atoms with E-state index in [1.165, 1.54) is 11.3 Å². The minimum atomic E-state index is -0.144. The van der Waals surface area contributed by atoms with Gasteiger partial charge >= 0.3 is 0 Å². The SMILES string of the molecule is O=C(Nc1cccc(NC(=O)C2CCC3NNNC3C2)c1)c1cccs1. The van der Waals surface area contributed by atoms with Gasteiger partial charge in [0.25, 0.3) is 5.91 Å². The normalized spacial score (nSPS) is 24.7. The molecule has 2 heterocycles. The Bertz CT molecular complexity index is 795. The Morgan fingerprint density at radius 1 is 1.00 bits per heavy atom. The van der Waals surface area contributed by atoms with Crippen molar-refractivity contribution < 1.29 is 9.59 Å². The smallest absolute Gasteiger partial charge is 0.265 e. The average Bonchev–Trinajstić information content (AvgIpc) is 3.33. The zero-order valence-electron chi connectivity index (χ0n) is 14.1. The number of amides is 2. The number of benzene rings is 1. The van der Waals surface area contributed by atoms with Gasteiger partial charge in [-0.25, -0.2) is 10.9 Å². The minimum Gasteiger partial charge on any atom is -0.326 e. The molecule has 1 saturated carbocycles. The number of thiophene rings is 1. The summed E-state index contributed by atoms with van der Waals surface area (Å²) in [6.45, 7) is 0. The summed E-state index contributed by atoms with van der Waals surface area (Å²) in [6, 6.07) is 11.5. The fraction of sp³-hybridized carbons (Fsp3) is 0.333. The van der Waals surface area contributed by atoms with Crippen LogP contribution in [0.25, 0.3) is 0 Å². The molecule has 0 radical (unpaired) electrons. The number of carbonyl (C=O) groups is 2. The van der Waals surface area contributed by atoms with Crippen molar-refractivity contribution in [3.05, 3.63) is 46.7 Å². The molecule has 2 aliphatic rings. The fourth-order valence-corrected chi connectivity index (χ4v) is 4.11. The maximum absolute atomic E-state index is 12.6. The van der Waals surface area contributed by atoms with Gasteiger partial charge < -0.3 is 10.6 Å². The first-order valence-corrected chi connectivity index (χ1v) is 9.59. The molecule has 2 fully saturated rings. The van der Waals surface area contributed by atoms with Crippen LogP contribution in [-0.4, -0.2) is 23.9 Å². The molecule has 0 spiro atoms. The summed E-state index contributed by atoms with van der Waals surface area (Å²) in [5, 5.41) is 7.71. The van der Waals surface area contributed by atoms with E-state index >= 15 is 0 Å². The van der Waals surface area contributed by atoms with Crippen LogP contribution in [0.3, 0.4) is 0 Å². The van der Waals surface area contributed by atoms with Crippen LogP contribution in [0.5, 0.6) is 0 Å². The van der Waals surface area contributed by atoms with Gasteiger partial charge in [-0.15, -0.1) is 11.3 Å². The van der Waals surface area contributed by atoms with Gasteiger partial charge in [-0.05, 0) is 48.9 Å². The second kappa shape index (κ2) is 7.55. The second-order valence-corrected chi connectivity index (χ2v) is 7.59. The summed E-state index contributed by atoms with van der Waals surface area (Å²) >= 11 is 1.39. The van der Waals surface area contributed by atoms with Gasteiger partial charge in [-0.1, -0.05) is 12.1 Å². The zero-order chi connectivity index (χ0) is 17.9. The van der Waals surface area contributed by atoms with E-state index in [9.17, 15) is 9.59 Å². The van der Waals surface area contributed by atoms with Crippen molar-refractivity contribution in [3.63, 3.8) is 0 Å². The maximum atomic E-state index is 12.6. The quantitative estimate of drug-likeness (QED) is 0.567. The summed E-state index contributed by atoms with van der Waals surface area (Å²) in [5.41, 5.74) is 10.6. The van der Waals surface area contributed by atoms with Crippen LogP contribution in [0, 0.1) is 5.92 Å². The molecule has 7 nitrogen and oxygen atoms in total. The molecule has 2 amide bonds. The van der Waals surface area contributed by atoms with Crippen LogP contribution < -0.4 is 27.0 Å². The number of hydrogen-bond donors (Lipinski definition) is 5. The van der Waals surface area contributed by atoms with E-state index in [-0.39, 0.29) is 23.8 Å². The highest BCUT2D eigenvalue weighted by molar-refractivity contribution is 7.12. The number of rotatable bonds is 4. The molecule has 136 valence electrons. The highest BCUT2D eigenvalue weighted by atomic mass is 32.1. The second-order valence-electron chi connectivity index (χ2n) is 6.64. The number of fused-ring (bicyclic) bond motifs is 1. The number of carbonyl (C=O) groups excluding carboxylic acids is 2. The first-order valence-electron chi connectivity index (χ1n) is 8.71. The molecule has 4 rings (SSSR count). The monoisotopic (exact) mass is 371 g/mol. The standard InChI is InChI=1S/C18H21N5O2S/c24-17(11-6-7-14-15(9-11)22-23-21-14)19-12-3-1-4-13(10-12)20-18(25)16-5-2-8-26-16/h1-5,8,10-11,14-15,21-23H,6-7,9H2,(H,19,24)(H,20,25). The Morgan fingerprint density at radius 3 is 2.62 bits per heavy atom. The van der Waals surface area contributed by atoms with E-state index in [2.05, 4.69) is 27.0 Å². The van der Waals surface area contributed by atoms with Crippen LogP contribution in [-0.2, 0) is 4.79 Å². The van der Waals surface area contributed by atoms with Crippen molar-refractivity contribution in [2.45, 2.75) is 31.3 Å². The number of hydrazine groups is 2. The van der Waals surface area contributed by atoms with E-state index in [0.717, 1.165) is 19.3 Å². The molecule has 1 aromatic heterocycles. The highest BCUT2D eigenvalue weighted by Crippen LogP contribution is 2.27. The molecule has 5 N–H and O–H groups in total. The molecule has 1 aliphatic carbocycles. The van der Waals surface area contributed by atoms with Crippen LogP contribution in [0.4, 0.5) is 11.4 Å². The van der Waals surface area contributed by atoms with Crippen LogP contribution in [0.2, 0.25) is 0 Å². The Hall–Kier alpha value is -2.26. The molecule has 3 atom stereocenters. The third-order valence-electron chi connectivity index (χ3n) is 4.87. The van der Waals surface area contributed by atoms with Gasteiger partial charge in [0.2, 0.25) is 5.91 Å². The summed E-state index contributed by atoms with van der Waals surface area (Å²) in [4.78, 5) is 25.4. The predicted octanol–water partition coefficient (Wildman–Crippen LogP) is 2.09. The highest BCUT2D eigenvalue weighted by Gasteiger charge is 2.36. The number of nitrogens with one attached hydrogen (secondary N) is 5. The van der Waals surface area contributed by atoms with Crippen LogP contribution in [0.1, 0.15) is 28.9 Å². The van der Waals surface area contributed by atoms with Crippen LogP contribution >= 0.6 is 11.3 Å². The molecule has 1 saturated heterocycles. The minimum absolute atomic E-state index is 0.0187. The van der Waals surface area contributed by atoms with Crippen molar-refractivity contribution in [1.29, 1.82) is 0 Å². The Balaban J connectivity index is 1.37. The van der Waals surface area contributed by atoms with E-state index in [1.54, 1.807) is 12.1 Å². The predicted molar refractivity (Wildman–Crippen MR) is 102 cm³/mol. The number of hydrogen-bond acceptors (Lipinski definition) is 6. The molecule has 8 heteroatoms. The summed E-state index contributed by atoms with van der Waals surface area (Å²) < 4.78 is 0. The van der Waals surface area contributed by atoms with Gasteiger partial charge in [0.05, 0.1) is 4.88 Å². The lowest BCUT2D eigenvalue weighted by Gasteiger charge is -2.29. The first kappa shape index (κ1) is 17.2. The molecular weight excluding hydrogens is 350 g/mol. The summed E-state index contributed by atoms with van der Waals surface area (Å²) in [7, 11) is 0. The average molecular weight is 371 g/mol. The molecule has 0 bridgehead atoms. The molecular formula is C18H21N5O2S. The summed E-state index contributed by atoms with van der Waals surface area (Å²) in [6.07, 6.45) is 2.61. The lowest BCUT2D eigenvalue weighted by molar-refractivity contribution is -0.121. The lowest BCUT2D eigenvalue weighted by atomic mass is 9.82. The number of anilines is 2. The van der Waals surface area contributed by atoms with Crippen molar-refractivity contribution in [3.8, 4) is 0 Å². The van der Waals surface area contributed by atoms with Crippen molar-refractivity contribution in [2.24, 2.45) is 5.92 Å². The molecule has 3 unspecified atom stereocenters. The Morgan fingerprint density at radius 2 is 1.81 bits per heavy atom. The van der Waals surface area contributed by atoms with Crippen molar-refractivity contribution in [1.82, 2.24) is 16.4 Å². The van der Waals surface area contributed by atoms with Crippen molar-refractivity contribution in [2.75, 3.05) is 10.6 Å². The van der Waals surface area contributed by atoms with Gasteiger partial charge in [0, 0.05) is 29.4 Å². The van der Waals surface area contributed by atoms with Gasteiger partial charge in [0.15, 0.2) is 0 Å². The maximum Gasteiger partial charge on any atom is 0.265 e. The Kier molecular flexibility index (Phi) is 4.98. The molecule has 2 aromatic rings. The molecule has 1 aliphatic heterocycles. The molecule has 1 aromatic carbocycles.